The molecule has 0 amide bonds. The molecule has 3 N–H and O–H groups in total. The van der Waals surface area contributed by atoms with Gasteiger partial charge < -0.3 is 5.73 Å². The van der Waals surface area contributed by atoms with Crippen LogP contribution in [0, 0.1) is 0 Å². The molecule has 5 nitrogen and oxygen atoms in total. The summed E-state index contributed by atoms with van der Waals surface area (Å²) >= 11 is 0. The summed E-state index contributed by atoms with van der Waals surface area (Å²) in [7, 11) is -3.43. The van der Waals surface area contributed by atoms with E-state index < -0.39 is 10.2 Å². The number of nitrogens with zero attached hydrogens (tertiary/aromatic N) is 1. The SMILES string of the molecule is CC(C)NS(=O)(=O)N1C[C@@H](N)[C@H](c2ccccc2)C1.Cl. The molecule has 2 rings (SSSR count). The molecule has 0 radical (unpaired) electrons. The molecule has 1 aliphatic rings. The van der Waals surface area contributed by atoms with Crippen molar-refractivity contribution in [1.29, 1.82) is 0 Å². The zero-order valence-corrected chi connectivity index (χ0v) is 13.3. The maximum atomic E-state index is 12.1. The van der Waals surface area contributed by atoms with E-state index in [0.29, 0.717) is 13.1 Å². The molecule has 1 aliphatic heterocycles. The summed E-state index contributed by atoms with van der Waals surface area (Å²) < 4.78 is 28.3. The van der Waals surface area contributed by atoms with Crippen LogP contribution in [0.3, 0.4) is 0 Å². The largest absolute Gasteiger partial charge is 0.326 e. The fourth-order valence-electron chi connectivity index (χ4n) is 2.41. The first kappa shape index (κ1) is 17.4. The third kappa shape index (κ3) is 3.93. The van der Waals surface area contributed by atoms with Crippen molar-refractivity contribution in [2.75, 3.05) is 13.1 Å². The van der Waals surface area contributed by atoms with Crippen LogP contribution in [0.5, 0.6) is 0 Å². The van der Waals surface area contributed by atoms with Crippen molar-refractivity contribution in [3.8, 4) is 0 Å². The molecule has 1 aromatic rings. The second-order valence-electron chi connectivity index (χ2n) is 5.28. The summed E-state index contributed by atoms with van der Waals surface area (Å²) in [6.45, 7) is 4.42. The molecule has 0 aromatic heterocycles. The van der Waals surface area contributed by atoms with E-state index in [9.17, 15) is 8.42 Å². The first-order valence-corrected chi connectivity index (χ1v) is 7.92. The van der Waals surface area contributed by atoms with Crippen molar-refractivity contribution >= 4 is 22.6 Å². The molecular formula is C13H22ClN3O2S. The highest BCUT2D eigenvalue weighted by Gasteiger charge is 2.37. The monoisotopic (exact) mass is 319 g/mol. The van der Waals surface area contributed by atoms with Crippen LogP contribution in [0.25, 0.3) is 0 Å². The van der Waals surface area contributed by atoms with Gasteiger partial charge in [-0.25, -0.2) is 0 Å². The van der Waals surface area contributed by atoms with E-state index in [1.165, 1.54) is 4.31 Å². The smallest absolute Gasteiger partial charge is 0.279 e. The number of hydrogen-bond acceptors (Lipinski definition) is 3. The highest BCUT2D eigenvalue weighted by Crippen LogP contribution is 2.27. The fraction of sp³-hybridized carbons (Fsp3) is 0.538. The average Bonchev–Trinajstić information content (AvgIpc) is 2.72. The second-order valence-corrected chi connectivity index (χ2v) is 6.98. The van der Waals surface area contributed by atoms with Crippen LogP contribution >= 0.6 is 12.4 Å². The molecule has 2 atom stereocenters. The Morgan fingerprint density at radius 2 is 1.85 bits per heavy atom. The van der Waals surface area contributed by atoms with Crippen LogP contribution < -0.4 is 10.5 Å². The molecule has 20 heavy (non-hydrogen) atoms. The van der Waals surface area contributed by atoms with Gasteiger partial charge in [-0.2, -0.15) is 17.4 Å². The van der Waals surface area contributed by atoms with Crippen LogP contribution in [0.2, 0.25) is 0 Å². The predicted octanol–water partition coefficient (Wildman–Crippen LogP) is 1.08. The highest BCUT2D eigenvalue weighted by molar-refractivity contribution is 7.87. The summed E-state index contributed by atoms with van der Waals surface area (Å²) in [6, 6.07) is 9.56. The lowest BCUT2D eigenvalue weighted by molar-refractivity contribution is 0.452. The average molecular weight is 320 g/mol. The fourth-order valence-corrected chi connectivity index (χ4v) is 3.88. The van der Waals surface area contributed by atoms with Gasteiger partial charge in [-0.15, -0.1) is 12.4 Å². The van der Waals surface area contributed by atoms with Crippen LogP contribution in [-0.4, -0.2) is 37.9 Å². The zero-order valence-electron chi connectivity index (χ0n) is 11.7. The Morgan fingerprint density at radius 1 is 1.25 bits per heavy atom. The molecule has 0 spiro atoms. The number of nitrogens with two attached hydrogens (primary N) is 1. The van der Waals surface area contributed by atoms with Gasteiger partial charge in [0.05, 0.1) is 0 Å². The van der Waals surface area contributed by atoms with Gasteiger partial charge in [0.15, 0.2) is 0 Å². The van der Waals surface area contributed by atoms with Crippen molar-refractivity contribution in [1.82, 2.24) is 9.03 Å². The zero-order chi connectivity index (χ0) is 14.0. The van der Waals surface area contributed by atoms with Crippen LogP contribution in [0.1, 0.15) is 25.3 Å². The lowest BCUT2D eigenvalue weighted by Gasteiger charge is -2.18. The van der Waals surface area contributed by atoms with Gasteiger partial charge in [0, 0.05) is 31.1 Å². The molecule has 7 heteroatoms. The van der Waals surface area contributed by atoms with Gasteiger partial charge in [0.25, 0.3) is 10.2 Å². The van der Waals surface area contributed by atoms with Gasteiger partial charge >= 0.3 is 0 Å². The summed E-state index contributed by atoms with van der Waals surface area (Å²) in [5.74, 6) is 0.0601. The first-order chi connectivity index (χ1) is 8.90. The third-order valence-electron chi connectivity index (χ3n) is 3.28. The summed E-state index contributed by atoms with van der Waals surface area (Å²) in [5.41, 5.74) is 7.19. The molecule has 114 valence electrons. The Balaban J connectivity index is 0.00000200. The van der Waals surface area contributed by atoms with Gasteiger partial charge in [-0.1, -0.05) is 30.3 Å². The summed E-state index contributed by atoms with van der Waals surface area (Å²) in [5, 5.41) is 0. The van der Waals surface area contributed by atoms with Crippen LogP contribution in [-0.2, 0) is 10.2 Å². The molecule has 0 aliphatic carbocycles. The van der Waals surface area contributed by atoms with E-state index in [1.807, 2.05) is 44.2 Å². The topological polar surface area (TPSA) is 75.4 Å². The van der Waals surface area contributed by atoms with Crippen molar-refractivity contribution < 1.29 is 8.42 Å². The number of benzene rings is 1. The van der Waals surface area contributed by atoms with Crippen molar-refractivity contribution in [3.63, 3.8) is 0 Å². The first-order valence-electron chi connectivity index (χ1n) is 6.48. The molecule has 0 saturated carbocycles. The molecule has 0 bridgehead atoms. The maximum absolute atomic E-state index is 12.1. The Labute approximate surface area is 127 Å². The van der Waals surface area contributed by atoms with Crippen LogP contribution in [0.15, 0.2) is 30.3 Å². The number of halogens is 1. The maximum Gasteiger partial charge on any atom is 0.279 e. The summed E-state index contributed by atoms with van der Waals surface area (Å²) in [6.07, 6.45) is 0. The van der Waals surface area contributed by atoms with Crippen molar-refractivity contribution in [2.24, 2.45) is 5.73 Å². The quantitative estimate of drug-likeness (QED) is 0.872. The van der Waals surface area contributed by atoms with Gasteiger partial charge in [-0.05, 0) is 19.4 Å². The highest BCUT2D eigenvalue weighted by atomic mass is 35.5. The molecule has 1 fully saturated rings. The van der Waals surface area contributed by atoms with Crippen molar-refractivity contribution in [2.45, 2.75) is 31.8 Å². The minimum atomic E-state index is -3.43. The van der Waals surface area contributed by atoms with E-state index in [2.05, 4.69) is 4.72 Å². The number of hydrogen-bond donors (Lipinski definition) is 2. The number of rotatable bonds is 4. The van der Waals surface area contributed by atoms with E-state index in [1.54, 1.807) is 0 Å². The van der Waals surface area contributed by atoms with Crippen molar-refractivity contribution in [3.05, 3.63) is 35.9 Å². The van der Waals surface area contributed by atoms with Crippen LogP contribution in [0.4, 0.5) is 0 Å². The van der Waals surface area contributed by atoms with Gasteiger partial charge in [-0.3, -0.25) is 0 Å². The normalized spacial score (nSPS) is 23.8. The predicted molar refractivity (Wildman–Crippen MR) is 83.2 cm³/mol. The molecule has 1 heterocycles. The molecule has 0 unspecified atom stereocenters. The minimum Gasteiger partial charge on any atom is -0.326 e. The minimum absolute atomic E-state index is 0. The molecule has 1 aromatic carbocycles. The Morgan fingerprint density at radius 3 is 2.40 bits per heavy atom. The second kappa shape index (κ2) is 6.87. The molecular weight excluding hydrogens is 298 g/mol. The molecule has 1 saturated heterocycles. The van der Waals surface area contributed by atoms with E-state index in [-0.39, 0.29) is 30.4 Å². The Hall–Kier alpha value is -0.660. The van der Waals surface area contributed by atoms with Gasteiger partial charge in [0.2, 0.25) is 0 Å². The van der Waals surface area contributed by atoms with E-state index >= 15 is 0 Å². The van der Waals surface area contributed by atoms with Gasteiger partial charge in [0.1, 0.15) is 0 Å². The van der Waals surface area contributed by atoms with E-state index in [0.717, 1.165) is 5.56 Å². The Bertz CT molecular complexity index is 522. The van der Waals surface area contributed by atoms with E-state index in [4.69, 9.17) is 5.73 Å². The summed E-state index contributed by atoms with van der Waals surface area (Å²) in [4.78, 5) is 0. The third-order valence-corrected chi connectivity index (χ3v) is 5.03. The lowest BCUT2D eigenvalue weighted by atomic mass is 9.95. The lowest BCUT2D eigenvalue weighted by Crippen LogP contribution is -2.43. The number of nitrogens with one attached hydrogen (secondary N) is 1. The Kier molecular flexibility index (Phi) is 5.97. The standard InChI is InChI=1S/C13H21N3O2S.ClH/c1-10(2)15-19(17,18)16-8-12(13(14)9-16)11-6-4-3-5-7-11;/h3-7,10,12-13,15H,8-9,14H2,1-2H3;1H/t12-,13+;/m0./s1.